The van der Waals surface area contributed by atoms with Gasteiger partial charge in [-0.15, -0.1) is 0 Å². The second kappa shape index (κ2) is 10.3. The second-order valence-electron chi connectivity index (χ2n) is 8.51. The number of hydrogen-bond donors (Lipinski definition) is 1. The molecule has 2 heterocycles. The number of anilines is 2. The Balaban J connectivity index is 1.40. The van der Waals surface area contributed by atoms with E-state index in [1.54, 1.807) is 0 Å². The molecule has 0 aliphatic carbocycles. The van der Waals surface area contributed by atoms with Crippen LogP contribution in [0.4, 0.5) is 24.5 Å². The van der Waals surface area contributed by atoms with Crippen LogP contribution < -0.4 is 10.2 Å². The lowest BCUT2D eigenvalue weighted by Crippen LogP contribution is -2.31. The standard InChI is InChI=1S/C25H27F3N4O2/c26-25(27,28)19-9-10-22(31-14-5-2-6-15-31)21(17-19)29-23(33)11-12-24(34)32-16-13-20(30-32)18-7-3-1-4-8-18/h1,3-4,7-10,17H,2,5-6,11-16H2,(H,29,33). The molecule has 0 bridgehead atoms. The average Bonchev–Trinajstić information content (AvgIpc) is 3.34. The lowest BCUT2D eigenvalue weighted by molar-refractivity contribution is -0.137. The molecule has 0 unspecified atom stereocenters. The monoisotopic (exact) mass is 472 g/mol. The molecule has 2 aromatic rings. The third kappa shape index (κ3) is 5.76. The maximum atomic E-state index is 13.3. The number of rotatable bonds is 6. The first-order chi connectivity index (χ1) is 16.3. The first kappa shape index (κ1) is 23.8. The van der Waals surface area contributed by atoms with Crippen LogP contribution in [-0.4, -0.2) is 42.2 Å². The Hall–Kier alpha value is -3.36. The summed E-state index contributed by atoms with van der Waals surface area (Å²) in [4.78, 5) is 27.2. The fourth-order valence-corrected chi connectivity index (χ4v) is 4.26. The number of piperidine rings is 1. The Morgan fingerprint density at radius 1 is 0.941 bits per heavy atom. The molecule has 0 atom stereocenters. The van der Waals surface area contributed by atoms with Crippen molar-refractivity contribution < 1.29 is 22.8 Å². The minimum atomic E-state index is -4.51. The first-order valence-corrected chi connectivity index (χ1v) is 11.5. The van der Waals surface area contributed by atoms with Crippen LogP contribution in [0.25, 0.3) is 0 Å². The van der Waals surface area contributed by atoms with Crippen LogP contribution in [0.5, 0.6) is 0 Å². The third-order valence-electron chi connectivity index (χ3n) is 6.06. The van der Waals surface area contributed by atoms with Crippen LogP contribution >= 0.6 is 0 Å². The predicted octanol–water partition coefficient (Wildman–Crippen LogP) is 5.05. The van der Waals surface area contributed by atoms with Gasteiger partial charge in [0.1, 0.15) is 0 Å². The van der Waals surface area contributed by atoms with Gasteiger partial charge in [-0.25, -0.2) is 5.01 Å². The molecule has 0 aromatic heterocycles. The van der Waals surface area contributed by atoms with Crippen LogP contribution in [0.3, 0.4) is 0 Å². The maximum Gasteiger partial charge on any atom is 0.416 e. The summed E-state index contributed by atoms with van der Waals surface area (Å²) in [5.74, 6) is -0.793. The van der Waals surface area contributed by atoms with Crippen molar-refractivity contribution in [3.05, 3.63) is 59.7 Å². The van der Waals surface area contributed by atoms with E-state index >= 15 is 0 Å². The van der Waals surface area contributed by atoms with E-state index in [1.165, 1.54) is 11.1 Å². The average molecular weight is 473 g/mol. The highest BCUT2D eigenvalue weighted by Gasteiger charge is 2.32. The fraction of sp³-hybridized carbons (Fsp3) is 0.400. The Labute approximate surface area is 196 Å². The van der Waals surface area contributed by atoms with Gasteiger partial charge in [-0.3, -0.25) is 9.59 Å². The number of hydrazone groups is 1. The molecule has 2 aliphatic rings. The summed E-state index contributed by atoms with van der Waals surface area (Å²) in [6, 6.07) is 13.0. The molecule has 2 amide bonds. The number of carbonyl (C=O) groups is 2. The van der Waals surface area contributed by atoms with Crippen molar-refractivity contribution >= 4 is 28.9 Å². The Bertz CT molecular complexity index is 1060. The van der Waals surface area contributed by atoms with E-state index in [1.807, 2.05) is 35.2 Å². The van der Waals surface area contributed by atoms with E-state index in [2.05, 4.69) is 10.4 Å². The quantitative estimate of drug-likeness (QED) is 0.640. The van der Waals surface area contributed by atoms with Crippen molar-refractivity contribution in [2.75, 3.05) is 29.9 Å². The first-order valence-electron chi connectivity index (χ1n) is 11.5. The van der Waals surface area contributed by atoms with Gasteiger partial charge < -0.3 is 10.2 Å². The predicted molar refractivity (Wildman–Crippen MR) is 125 cm³/mol. The van der Waals surface area contributed by atoms with Gasteiger partial charge in [-0.2, -0.15) is 18.3 Å². The topological polar surface area (TPSA) is 65.0 Å². The van der Waals surface area contributed by atoms with Crippen LogP contribution in [0.15, 0.2) is 53.6 Å². The molecule has 0 saturated carbocycles. The van der Waals surface area contributed by atoms with E-state index < -0.39 is 17.6 Å². The number of hydrogen-bond acceptors (Lipinski definition) is 4. The Morgan fingerprint density at radius 3 is 2.38 bits per heavy atom. The van der Waals surface area contributed by atoms with Crippen LogP contribution in [0, 0.1) is 0 Å². The minimum Gasteiger partial charge on any atom is -0.370 e. The smallest absolute Gasteiger partial charge is 0.370 e. The molecule has 0 spiro atoms. The zero-order valence-electron chi connectivity index (χ0n) is 18.8. The van der Waals surface area contributed by atoms with Crippen LogP contribution in [-0.2, 0) is 15.8 Å². The molecular weight excluding hydrogens is 445 g/mol. The lowest BCUT2D eigenvalue weighted by Gasteiger charge is -2.31. The van der Waals surface area contributed by atoms with E-state index in [0.717, 1.165) is 55.8 Å². The summed E-state index contributed by atoms with van der Waals surface area (Å²) in [7, 11) is 0. The van der Waals surface area contributed by atoms with Crippen molar-refractivity contribution in [2.45, 2.75) is 44.7 Å². The summed E-state index contributed by atoms with van der Waals surface area (Å²) in [5, 5.41) is 8.35. The zero-order chi connectivity index (χ0) is 24.1. The van der Waals surface area contributed by atoms with Crippen molar-refractivity contribution in [2.24, 2.45) is 5.10 Å². The van der Waals surface area contributed by atoms with E-state index in [-0.39, 0.29) is 24.4 Å². The van der Waals surface area contributed by atoms with E-state index in [0.29, 0.717) is 18.7 Å². The molecule has 4 rings (SSSR count). The van der Waals surface area contributed by atoms with Gasteiger partial charge in [0.2, 0.25) is 11.8 Å². The third-order valence-corrected chi connectivity index (χ3v) is 6.06. The summed E-state index contributed by atoms with van der Waals surface area (Å²) < 4.78 is 39.8. The summed E-state index contributed by atoms with van der Waals surface area (Å²) in [6.45, 7) is 1.89. The molecule has 1 saturated heterocycles. The summed E-state index contributed by atoms with van der Waals surface area (Å²) in [5.41, 5.74) is 1.64. The van der Waals surface area contributed by atoms with Gasteiger partial charge in [0.05, 0.1) is 29.2 Å². The highest BCUT2D eigenvalue weighted by atomic mass is 19.4. The number of nitrogens with one attached hydrogen (secondary N) is 1. The molecular formula is C25H27F3N4O2. The molecule has 1 fully saturated rings. The van der Waals surface area contributed by atoms with E-state index in [4.69, 9.17) is 0 Å². The minimum absolute atomic E-state index is 0.0740. The second-order valence-corrected chi connectivity index (χ2v) is 8.51. The molecule has 34 heavy (non-hydrogen) atoms. The van der Waals surface area contributed by atoms with Crippen LogP contribution in [0.2, 0.25) is 0 Å². The van der Waals surface area contributed by atoms with Gasteiger partial charge in [0.15, 0.2) is 0 Å². The van der Waals surface area contributed by atoms with E-state index in [9.17, 15) is 22.8 Å². The number of amides is 2. The number of carbonyl (C=O) groups excluding carboxylic acids is 2. The Kier molecular flexibility index (Phi) is 7.19. The van der Waals surface area contributed by atoms with Gasteiger partial charge in [0.25, 0.3) is 0 Å². The highest BCUT2D eigenvalue weighted by Crippen LogP contribution is 2.36. The molecule has 2 aliphatic heterocycles. The molecule has 1 N–H and O–H groups in total. The largest absolute Gasteiger partial charge is 0.416 e. The highest BCUT2D eigenvalue weighted by molar-refractivity contribution is 6.03. The molecule has 180 valence electrons. The van der Waals surface area contributed by atoms with Gasteiger partial charge >= 0.3 is 6.18 Å². The summed E-state index contributed by atoms with van der Waals surface area (Å²) in [6.07, 6.45) is -1.12. The van der Waals surface area contributed by atoms with Crippen LogP contribution in [0.1, 0.15) is 49.7 Å². The fourth-order valence-electron chi connectivity index (χ4n) is 4.26. The van der Waals surface area contributed by atoms with Crippen molar-refractivity contribution in [1.82, 2.24) is 5.01 Å². The Morgan fingerprint density at radius 2 is 1.68 bits per heavy atom. The van der Waals surface area contributed by atoms with Crippen molar-refractivity contribution in [3.63, 3.8) is 0 Å². The normalized spacial score (nSPS) is 16.4. The molecule has 2 aromatic carbocycles. The zero-order valence-corrected chi connectivity index (χ0v) is 18.8. The number of benzene rings is 2. The van der Waals surface area contributed by atoms with Crippen molar-refractivity contribution in [3.8, 4) is 0 Å². The number of alkyl halides is 3. The van der Waals surface area contributed by atoms with Gasteiger partial charge in [0, 0.05) is 32.4 Å². The number of halogens is 3. The lowest BCUT2D eigenvalue weighted by atomic mass is 10.1. The number of nitrogens with zero attached hydrogens (tertiary/aromatic N) is 3. The maximum absolute atomic E-state index is 13.3. The van der Waals surface area contributed by atoms with Gasteiger partial charge in [-0.1, -0.05) is 30.3 Å². The molecule has 9 heteroatoms. The summed E-state index contributed by atoms with van der Waals surface area (Å²) >= 11 is 0. The van der Waals surface area contributed by atoms with Crippen molar-refractivity contribution in [1.29, 1.82) is 0 Å². The SMILES string of the molecule is O=C(CCC(=O)N1CCC(c2ccccc2)=N1)Nc1cc(C(F)(F)F)ccc1N1CCCCC1. The molecule has 6 nitrogen and oxygen atoms in total. The molecule has 0 radical (unpaired) electrons. The van der Waals surface area contributed by atoms with Gasteiger partial charge in [-0.05, 0) is 43.0 Å².